The fourth-order valence-corrected chi connectivity index (χ4v) is 2.35. The van der Waals surface area contributed by atoms with Gasteiger partial charge in [-0.1, -0.05) is 13.0 Å². The third-order valence-electron chi connectivity index (χ3n) is 3.55. The Labute approximate surface area is 108 Å². The van der Waals surface area contributed by atoms with Crippen molar-refractivity contribution < 1.29 is 9.53 Å². The van der Waals surface area contributed by atoms with Gasteiger partial charge in [0.2, 0.25) is 0 Å². The molecule has 1 saturated heterocycles. The van der Waals surface area contributed by atoms with Crippen LogP contribution < -0.4 is 0 Å². The normalized spacial score (nSPS) is 18.3. The topological polar surface area (TPSA) is 42.4 Å². The molecule has 1 amide bonds. The van der Waals surface area contributed by atoms with Gasteiger partial charge in [0.1, 0.15) is 5.69 Å². The van der Waals surface area contributed by atoms with Gasteiger partial charge in [0.25, 0.3) is 5.91 Å². The third kappa shape index (κ3) is 3.07. The van der Waals surface area contributed by atoms with Gasteiger partial charge < -0.3 is 9.64 Å². The van der Waals surface area contributed by atoms with Crippen molar-refractivity contribution >= 4 is 5.91 Å². The summed E-state index contributed by atoms with van der Waals surface area (Å²) in [5.41, 5.74) is 0.674. The second-order valence-corrected chi connectivity index (χ2v) is 5.30. The van der Waals surface area contributed by atoms with Crippen LogP contribution >= 0.6 is 0 Å². The van der Waals surface area contributed by atoms with E-state index in [1.807, 2.05) is 19.2 Å². The van der Waals surface area contributed by atoms with Gasteiger partial charge in [-0.15, -0.1) is 0 Å². The average molecular weight is 248 g/mol. The van der Waals surface area contributed by atoms with E-state index < -0.39 is 0 Å². The number of pyridine rings is 1. The van der Waals surface area contributed by atoms with Crippen LogP contribution in [-0.4, -0.2) is 42.6 Å². The minimum atomic E-state index is -0.0108. The maximum Gasteiger partial charge on any atom is 0.272 e. The fourth-order valence-electron chi connectivity index (χ4n) is 2.35. The van der Waals surface area contributed by atoms with Crippen LogP contribution in [0.2, 0.25) is 0 Å². The standard InChI is InChI=1S/C14H20N2O2/c1-14(6-9-18-10-7-14)11-16(2)13(17)12-5-3-4-8-15-12/h3-5,8H,6-7,9-11H2,1-2H3. The fraction of sp³-hybridized carbons (Fsp3) is 0.571. The molecule has 0 aromatic carbocycles. The smallest absolute Gasteiger partial charge is 0.272 e. The summed E-state index contributed by atoms with van der Waals surface area (Å²) in [6.45, 7) is 4.56. The molecule has 2 rings (SSSR count). The molecular weight excluding hydrogens is 228 g/mol. The third-order valence-corrected chi connectivity index (χ3v) is 3.55. The van der Waals surface area contributed by atoms with Crippen LogP contribution in [0.4, 0.5) is 0 Å². The first-order valence-corrected chi connectivity index (χ1v) is 6.35. The number of nitrogens with zero attached hydrogens (tertiary/aromatic N) is 2. The van der Waals surface area contributed by atoms with Crippen molar-refractivity contribution in [3.05, 3.63) is 30.1 Å². The van der Waals surface area contributed by atoms with E-state index in [0.717, 1.165) is 32.6 Å². The lowest BCUT2D eigenvalue weighted by Crippen LogP contribution is -2.40. The Morgan fingerprint density at radius 3 is 2.78 bits per heavy atom. The van der Waals surface area contributed by atoms with Crippen LogP contribution in [0.1, 0.15) is 30.3 Å². The number of aromatic nitrogens is 1. The van der Waals surface area contributed by atoms with E-state index in [0.29, 0.717) is 5.69 Å². The van der Waals surface area contributed by atoms with E-state index in [2.05, 4.69) is 11.9 Å². The summed E-state index contributed by atoms with van der Waals surface area (Å²) in [5.74, 6) is -0.0108. The summed E-state index contributed by atoms with van der Waals surface area (Å²) < 4.78 is 5.38. The lowest BCUT2D eigenvalue weighted by molar-refractivity contribution is 0.00906. The monoisotopic (exact) mass is 248 g/mol. The zero-order valence-corrected chi connectivity index (χ0v) is 11.1. The summed E-state index contributed by atoms with van der Waals surface area (Å²) in [6, 6.07) is 5.41. The van der Waals surface area contributed by atoms with Crippen LogP contribution in [0.3, 0.4) is 0 Å². The number of hydrogen-bond acceptors (Lipinski definition) is 3. The molecule has 1 aliphatic rings. The Bertz CT molecular complexity index is 400. The molecule has 0 saturated carbocycles. The van der Waals surface area contributed by atoms with Crippen molar-refractivity contribution in [3.63, 3.8) is 0 Å². The Morgan fingerprint density at radius 2 is 2.17 bits per heavy atom. The summed E-state index contributed by atoms with van der Waals surface area (Å²) in [7, 11) is 1.84. The molecule has 4 nitrogen and oxygen atoms in total. The van der Waals surface area contributed by atoms with Crippen LogP contribution in [0.25, 0.3) is 0 Å². The Morgan fingerprint density at radius 1 is 1.44 bits per heavy atom. The van der Waals surface area contributed by atoms with E-state index in [-0.39, 0.29) is 11.3 Å². The van der Waals surface area contributed by atoms with Crippen molar-refractivity contribution in [2.75, 3.05) is 26.8 Å². The summed E-state index contributed by atoms with van der Waals surface area (Å²) in [6.07, 6.45) is 3.66. The quantitative estimate of drug-likeness (QED) is 0.821. The lowest BCUT2D eigenvalue weighted by Gasteiger charge is -2.36. The van der Waals surface area contributed by atoms with Gasteiger partial charge >= 0.3 is 0 Å². The molecule has 1 aromatic heterocycles. The maximum atomic E-state index is 12.2. The first-order chi connectivity index (χ1) is 8.61. The van der Waals surface area contributed by atoms with E-state index in [1.165, 1.54) is 0 Å². The van der Waals surface area contributed by atoms with Gasteiger partial charge in [-0.25, -0.2) is 0 Å². The van der Waals surface area contributed by atoms with Crippen molar-refractivity contribution in [1.29, 1.82) is 0 Å². The number of ether oxygens (including phenoxy) is 1. The molecule has 0 atom stereocenters. The van der Waals surface area contributed by atoms with Gasteiger partial charge in [-0.3, -0.25) is 9.78 Å². The highest BCUT2D eigenvalue weighted by atomic mass is 16.5. The average Bonchev–Trinajstić information content (AvgIpc) is 2.39. The van der Waals surface area contributed by atoms with Crippen molar-refractivity contribution in [2.45, 2.75) is 19.8 Å². The van der Waals surface area contributed by atoms with E-state index >= 15 is 0 Å². The van der Waals surface area contributed by atoms with Crippen LogP contribution in [0.15, 0.2) is 24.4 Å². The second-order valence-electron chi connectivity index (χ2n) is 5.30. The largest absolute Gasteiger partial charge is 0.381 e. The Hall–Kier alpha value is -1.42. The van der Waals surface area contributed by atoms with E-state index in [9.17, 15) is 4.79 Å². The Balaban J connectivity index is 1.99. The van der Waals surface area contributed by atoms with Crippen molar-refractivity contribution in [2.24, 2.45) is 5.41 Å². The van der Waals surface area contributed by atoms with Crippen molar-refractivity contribution in [3.8, 4) is 0 Å². The minimum absolute atomic E-state index is 0.0108. The molecule has 0 unspecified atom stereocenters. The van der Waals surface area contributed by atoms with E-state index in [1.54, 1.807) is 17.2 Å². The number of carbonyl (C=O) groups is 1. The Kier molecular flexibility index (Phi) is 3.97. The zero-order chi connectivity index (χ0) is 13.0. The molecule has 0 radical (unpaired) electrons. The molecule has 98 valence electrons. The second kappa shape index (κ2) is 5.48. The van der Waals surface area contributed by atoms with Crippen molar-refractivity contribution in [1.82, 2.24) is 9.88 Å². The lowest BCUT2D eigenvalue weighted by atomic mass is 9.82. The summed E-state index contributed by atoms with van der Waals surface area (Å²) in [5, 5.41) is 0. The highest BCUT2D eigenvalue weighted by Crippen LogP contribution is 2.30. The molecule has 0 aliphatic carbocycles. The number of hydrogen-bond donors (Lipinski definition) is 0. The molecule has 1 aliphatic heterocycles. The molecule has 0 N–H and O–H groups in total. The molecule has 0 spiro atoms. The van der Waals surface area contributed by atoms with Gasteiger partial charge in [0, 0.05) is 33.0 Å². The van der Waals surface area contributed by atoms with E-state index in [4.69, 9.17) is 4.74 Å². The number of rotatable bonds is 3. The zero-order valence-electron chi connectivity index (χ0n) is 11.1. The molecule has 18 heavy (non-hydrogen) atoms. The number of amides is 1. The van der Waals surface area contributed by atoms with Gasteiger partial charge in [0.05, 0.1) is 0 Å². The highest BCUT2D eigenvalue weighted by Gasteiger charge is 2.30. The predicted octanol–water partition coefficient (Wildman–Crippen LogP) is 1.97. The molecule has 2 heterocycles. The highest BCUT2D eigenvalue weighted by molar-refractivity contribution is 5.92. The molecular formula is C14H20N2O2. The SMILES string of the molecule is CN(CC1(C)CCOCC1)C(=O)c1ccccn1. The first kappa shape index (κ1) is 13.0. The van der Waals surface area contributed by atoms with Crippen LogP contribution in [0, 0.1) is 5.41 Å². The summed E-state index contributed by atoms with van der Waals surface area (Å²) >= 11 is 0. The van der Waals surface area contributed by atoms with Crippen LogP contribution in [-0.2, 0) is 4.74 Å². The van der Waals surface area contributed by atoms with Crippen LogP contribution in [0.5, 0.6) is 0 Å². The number of carbonyl (C=O) groups excluding carboxylic acids is 1. The summed E-state index contributed by atoms with van der Waals surface area (Å²) in [4.78, 5) is 18.1. The molecule has 1 fully saturated rings. The first-order valence-electron chi connectivity index (χ1n) is 6.35. The van der Waals surface area contributed by atoms with Gasteiger partial charge in [0.15, 0.2) is 0 Å². The molecule has 1 aromatic rings. The molecule has 0 bridgehead atoms. The minimum Gasteiger partial charge on any atom is -0.381 e. The maximum absolute atomic E-state index is 12.2. The molecule has 4 heteroatoms. The predicted molar refractivity (Wildman–Crippen MR) is 69.4 cm³/mol. The van der Waals surface area contributed by atoms with Gasteiger partial charge in [-0.05, 0) is 30.4 Å². The van der Waals surface area contributed by atoms with Gasteiger partial charge in [-0.2, -0.15) is 0 Å².